The minimum Gasteiger partial charge on any atom is -0.487 e. The molecule has 0 saturated heterocycles. The molecule has 1 saturated carbocycles. The Morgan fingerprint density at radius 1 is 1.26 bits per heavy atom. The molecule has 2 heterocycles. The van der Waals surface area contributed by atoms with E-state index in [0.717, 1.165) is 22.5 Å². The summed E-state index contributed by atoms with van der Waals surface area (Å²) in [6.07, 6.45) is 3.80. The molecule has 4 rings (SSSR count). The average molecular weight is 365 g/mol. The molecule has 0 amide bonds. The standard InChI is InChI=1S/C20H19N3O4/c24-19(25)14-9-20(26,10-14)15-3-1-2-13(8-15)12-27-16-4-5-17(21-11-16)18-6-7-22-23-18/h1-8,11,14,26H,9-10,12H2,(H,22,23)(H,24,25). The zero-order valence-corrected chi connectivity index (χ0v) is 14.5. The molecule has 7 heteroatoms. The number of ether oxygens (including phenoxy) is 1. The molecule has 0 unspecified atom stereocenters. The van der Waals surface area contributed by atoms with Crippen LogP contribution >= 0.6 is 0 Å². The first-order valence-electron chi connectivity index (χ1n) is 8.67. The van der Waals surface area contributed by atoms with E-state index in [0.29, 0.717) is 12.4 Å². The van der Waals surface area contributed by atoms with Crippen molar-refractivity contribution in [3.8, 4) is 17.1 Å². The summed E-state index contributed by atoms with van der Waals surface area (Å²) < 4.78 is 5.78. The van der Waals surface area contributed by atoms with Crippen molar-refractivity contribution in [1.29, 1.82) is 0 Å². The Hall–Kier alpha value is -3.19. The number of aliphatic hydroxyl groups is 1. The summed E-state index contributed by atoms with van der Waals surface area (Å²) in [5, 5.41) is 26.4. The predicted octanol–water partition coefficient (Wildman–Crippen LogP) is 2.73. The van der Waals surface area contributed by atoms with Crippen LogP contribution in [-0.2, 0) is 17.0 Å². The van der Waals surface area contributed by atoms with Gasteiger partial charge >= 0.3 is 5.97 Å². The molecule has 7 nitrogen and oxygen atoms in total. The van der Waals surface area contributed by atoms with Crippen molar-refractivity contribution < 1.29 is 19.7 Å². The van der Waals surface area contributed by atoms with E-state index in [1.807, 2.05) is 42.5 Å². The van der Waals surface area contributed by atoms with E-state index in [2.05, 4.69) is 15.2 Å². The number of rotatable bonds is 6. The van der Waals surface area contributed by atoms with Gasteiger partial charge in [0.05, 0.1) is 29.1 Å². The fourth-order valence-corrected chi connectivity index (χ4v) is 3.31. The molecule has 0 aliphatic heterocycles. The van der Waals surface area contributed by atoms with Gasteiger partial charge in [-0.15, -0.1) is 0 Å². The van der Waals surface area contributed by atoms with Crippen LogP contribution in [-0.4, -0.2) is 31.4 Å². The summed E-state index contributed by atoms with van der Waals surface area (Å²) >= 11 is 0. The number of pyridine rings is 1. The van der Waals surface area contributed by atoms with Crippen molar-refractivity contribution in [2.24, 2.45) is 5.92 Å². The molecular formula is C20H19N3O4. The molecule has 0 radical (unpaired) electrons. The SMILES string of the molecule is O=C(O)C1CC(O)(c2cccc(COc3ccc(-c4ccn[nH]4)nc3)c2)C1. The van der Waals surface area contributed by atoms with Gasteiger partial charge in [-0.2, -0.15) is 5.10 Å². The summed E-state index contributed by atoms with van der Waals surface area (Å²) in [7, 11) is 0. The number of carboxylic acids is 1. The lowest BCUT2D eigenvalue weighted by atomic mass is 9.67. The van der Waals surface area contributed by atoms with E-state index in [9.17, 15) is 9.90 Å². The van der Waals surface area contributed by atoms with Crippen molar-refractivity contribution in [1.82, 2.24) is 15.2 Å². The average Bonchev–Trinajstić information content (AvgIpc) is 3.19. The summed E-state index contributed by atoms with van der Waals surface area (Å²) in [6, 6.07) is 13.0. The number of carboxylic acid groups (broad SMARTS) is 1. The van der Waals surface area contributed by atoms with Gasteiger partial charge in [-0.25, -0.2) is 0 Å². The highest BCUT2D eigenvalue weighted by molar-refractivity contribution is 5.72. The molecule has 3 aromatic rings. The zero-order valence-electron chi connectivity index (χ0n) is 14.5. The number of aromatic amines is 1. The third-order valence-electron chi connectivity index (χ3n) is 4.90. The first-order valence-corrected chi connectivity index (χ1v) is 8.67. The van der Waals surface area contributed by atoms with E-state index < -0.39 is 17.5 Å². The van der Waals surface area contributed by atoms with Gasteiger partial charge in [0.2, 0.25) is 0 Å². The second-order valence-corrected chi connectivity index (χ2v) is 6.81. The topological polar surface area (TPSA) is 108 Å². The van der Waals surface area contributed by atoms with Crippen molar-refractivity contribution in [2.45, 2.75) is 25.0 Å². The van der Waals surface area contributed by atoms with Gasteiger partial charge in [0, 0.05) is 6.20 Å². The highest BCUT2D eigenvalue weighted by atomic mass is 16.5. The number of hydrogen-bond acceptors (Lipinski definition) is 5. The Balaban J connectivity index is 1.40. The number of H-pyrrole nitrogens is 1. The monoisotopic (exact) mass is 365 g/mol. The van der Waals surface area contributed by atoms with Crippen LogP contribution in [0.3, 0.4) is 0 Å². The van der Waals surface area contributed by atoms with Gasteiger partial charge in [0.1, 0.15) is 12.4 Å². The van der Waals surface area contributed by atoms with Crippen LogP contribution in [0.5, 0.6) is 5.75 Å². The first-order chi connectivity index (χ1) is 13.0. The van der Waals surface area contributed by atoms with Crippen LogP contribution in [0.1, 0.15) is 24.0 Å². The normalized spacial score (nSPS) is 21.4. The number of hydrogen-bond donors (Lipinski definition) is 3. The molecular weight excluding hydrogens is 346 g/mol. The minimum atomic E-state index is -1.06. The van der Waals surface area contributed by atoms with Gasteiger partial charge in [0.15, 0.2) is 0 Å². The van der Waals surface area contributed by atoms with Gasteiger partial charge in [0.25, 0.3) is 0 Å². The maximum Gasteiger partial charge on any atom is 0.306 e. The van der Waals surface area contributed by atoms with Crippen LogP contribution in [0.2, 0.25) is 0 Å². The third-order valence-corrected chi connectivity index (χ3v) is 4.90. The molecule has 27 heavy (non-hydrogen) atoms. The van der Waals surface area contributed by atoms with E-state index in [1.54, 1.807) is 12.4 Å². The Morgan fingerprint density at radius 2 is 2.11 bits per heavy atom. The maximum absolute atomic E-state index is 11.0. The molecule has 138 valence electrons. The minimum absolute atomic E-state index is 0.242. The lowest BCUT2D eigenvalue weighted by molar-refractivity contribution is -0.159. The zero-order chi connectivity index (χ0) is 18.9. The Labute approximate surface area is 155 Å². The molecule has 0 bridgehead atoms. The van der Waals surface area contributed by atoms with E-state index in [4.69, 9.17) is 9.84 Å². The van der Waals surface area contributed by atoms with Gasteiger partial charge in [-0.3, -0.25) is 14.9 Å². The molecule has 3 N–H and O–H groups in total. The second-order valence-electron chi connectivity index (χ2n) is 6.81. The molecule has 0 spiro atoms. The number of carbonyl (C=O) groups is 1. The van der Waals surface area contributed by atoms with Crippen LogP contribution in [0.15, 0.2) is 54.9 Å². The van der Waals surface area contributed by atoms with E-state index >= 15 is 0 Å². The largest absolute Gasteiger partial charge is 0.487 e. The number of benzene rings is 1. The first kappa shape index (κ1) is 17.2. The number of nitrogens with zero attached hydrogens (tertiary/aromatic N) is 2. The van der Waals surface area contributed by atoms with Crippen LogP contribution < -0.4 is 4.74 Å². The highest BCUT2D eigenvalue weighted by Gasteiger charge is 2.47. The lowest BCUT2D eigenvalue weighted by Gasteiger charge is -2.42. The van der Waals surface area contributed by atoms with Gasteiger partial charge in [-0.05, 0) is 48.2 Å². The summed E-state index contributed by atoms with van der Waals surface area (Å²) in [5.74, 6) is -0.698. The Morgan fingerprint density at radius 3 is 2.78 bits per heavy atom. The number of nitrogens with one attached hydrogen (secondary N) is 1. The predicted molar refractivity (Wildman–Crippen MR) is 96.8 cm³/mol. The molecule has 2 aromatic heterocycles. The van der Waals surface area contributed by atoms with Gasteiger partial charge < -0.3 is 14.9 Å². The number of aromatic nitrogens is 3. The van der Waals surface area contributed by atoms with Crippen molar-refractivity contribution in [3.05, 3.63) is 66.0 Å². The number of aliphatic carboxylic acids is 1. The summed E-state index contributed by atoms with van der Waals surface area (Å²) in [6.45, 7) is 0.331. The summed E-state index contributed by atoms with van der Waals surface area (Å²) in [5.41, 5.74) is 2.18. The molecule has 1 aliphatic carbocycles. The lowest BCUT2D eigenvalue weighted by Crippen LogP contribution is -2.44. The third kappa shape index (κ3) is 3.54. The van der Waals surface area contributed by atoms with Gasteiger partial charge in [-0.1, -0.05) is 18.2 Å². The van der Waals surface area contributed by atoms with Crippen molar-refractivity contribution in [2.75, 3.05) is 0 Å². The Bertz CT molecular complexity index is 932. The highest BCUT2D eigenvalue weighted by Crippen LogP contribution is 2.45. The second kappa shape index (κ2) is 6.85. The van der Waals surface area contributed by atoms with Crippen LogP contribution in [0.25, 0.3) is 11.4 Å². The molecule has 1 aromatic carbocycles. The fraction of sp³-hybridized carbons (Fsp3) is 0.250. The smallest absolute Gasteiger partial charge is 0.306 e. The van der Waals surface area contributed by atoms with Crippen LogP contribution in [0.4, 0.5) is 0 Å². The van der Waals surface area contributed by atoms with Crippen molar-refractivity contribution in [3.63, 3.8) is 0 Å². The quantitative estimate of drug-likeness (QED) is 0.620. The van der Waals surface area contributed by atoms with Crippen molar-refractivity contribution >= 4 is 5.97 Å². The summed E-state index contributed by atoms with van der Waals surface area (Å²) in [4.78, 5) is 15.3. The molecule has 1 aliphatic rings. The maximum atomic E-state index is 11.0. The van der Waals surface area contributed by atoms with E-state index in [-0.39, 0.29) is 12.8 Å². The molecule has 0 atom stereocenters. The fourth-order valence-electron chi connectivity index (χ4n) is 3.31. The van der Waals surface area contributed by atoms with E-state index in [1.165, 1.54) is 0 Å². The van der Waals surface area contributed by atoms with Crippen LogP contribution in [0, 0.1) is 5.92 Å². The Kier molecular flexibility index (Phi) is 4.37. The molecule has 1 fully saturated rings.